The van der Waals surface area contributed by atoms with Crippen LogP contribution in [-0.4, -0.2) is 83.4 Å². The number of para-hydroxylation sites is 1. The average Bonchev–Trinajstić information content (AvgIpc) is 3.27. The molecule has 326 valence electrons. The summed E-state index contributed by atoms with van der Waals surface area (Å²) in [6.07, 6.45) is 10.8. The number of aliphatic hydroxyl groups is 2. The van der Waals surface area contributed by atoms with E-state index in [0.29, 0.717) is 48.6 Å². The van der Waals surface area contributed by atoms with Gasteiger partial charge in [-0.05, 0) is 106 Å². The van der Waals surface area contributed by atoms with E-state index in [-0.39, 0.29) is 62.0 Å². The van der Waals surface area contributed by atoms with Gasteiger partial charge < -0.3 is 29.3 Å². The van der Waals surface area contributed by atoms with Crippen LogP contribution in [0.15, 0.2) is 107 Å². The minimum absolute atomic E-state index is 0.0210. The number of benzene rings is 2. The van der Waals surface area contributed by atoms with Gasteiger partial charge in [0.05, 0.1) is 35.5 Å². The number of aromatic nitrogens is 2. The van der Waals surface area contributed by atoms with Crippen molar-refractivity contribution in [1.29, 1.82) is 0 Å². The molecule has 0 spiro atoms. The van der Waals surface area contributed by atoms with Crippen LogP contribution < -0.4 is 9.47 Å². The Morgan fingerprint density at radius 1 is 1.02 bits per heavy atom. The number of nitrogens with zero attached hydrogens (tertiary/aromatic N) is 4. The smallest absolute Gasteiger partial charge is 0.245 e. The number of rotatable bonds is 21. The number of ether oxygens (including phenoxy) is 3. The minimum atomic E-state index is -4.26. The quantitative estimate of drug-likeness (QED) is 0.0476. The second kappa shape index (κ2) is 20.0. The molecule has 3 aliphatic rings. The van der Waals surface area contributed by atoms with E-state index in [1.54, 1.807) is 34.8 Å². The van der Waals surface area contributed by atoms with Crippen molar-refractivity contribution in [1.82, 2.24) is 14.3 Å². The molecule has 4 aromatic rings. The van der Waals surface area contributed by atoms with Crippen molar-refractivity contribution in [2.45, 2.75) is 101 Å². The SMILES string of the molecule is C=CCO[C@@]12Oc3ccc(OCc4cccc(C)n4)cc3[C@H]3[C@H](CCCCO)[C@@H](CCCCO)C=C(C(=NOCC)C[C@@H]1N(CCC)S(=O)(=O)c1cccc4cccnc14)[C@H]32. The number of oxime groups is 1. The second-order valence-corrected chi connectivity index (χ2v) is 18.1. The van der Waals surface area contributed by atoms with Gasteiger partial charge in [-0.3, -0.25) is 9.97 Å². The average molecular weight is 853 g/mol. The third-order valence-corrected chi connectivity index (χ3v) is 14.2. The van der Waals surface area contributed by atoms with Crippen LogP contribution >= 0.6 is 0 Å². The molecule has 2 N–H and O–H groups in total. The van der Waals surface area contributed by atoms with E-state index in [4.69, 9.17) is 24.2 Å². The second-order valence-electron chi connectivity index (χ2n) is 16.2. The van der Waals surface area contributed by atoms with Crippen LogP contribution in [0.5, 0.6) is 11.5 Å². The lowest BCUT2D eigenvalue weighted by molar-refractivity contribution is -0.251. The molecule has 0 bridgehead atoms. The molecule has 61 heavy (non-hydrogen) atoms. The van der Waals surface area contributed by atoms with Gasteiger partial charge in [-0.2, -0.15) is 4.31 Å². The van der Waals surface area contributed by atoms with Crippen molar-refractivity contribution in [3.05, 3.63) is 114 Å². The van der Waals surface area contributed by atoms with Gasteiger partial charge in [0.15, 0.2) is 0 Å². The molecule has 1 aliphatic heterocycles. The number of unbranched alkanes of at least 4 members (excludes halogenated alkanes) is 2. The summed E-state index contributed by atoms with van der Waals surface area (Å²) in [6, 6.07) is 19.7. The van der Waals surface area contributed by atoms with E-state index in [2.05, 4.69) is 28.7 Å². The summed E-state index contributed by atoms with van der Waals surface area (Å²) < 4.78 is 53.3. The van der Waals surface area contributed by atoms with Crippen LogP contribution in [-0.2, 0) is 26.2 Å². The zero-order chi connectivity index (χ0) is 43.0. The number of hydrogen-bond donors (Lipinski definition) is 2. The topological polar surface area (TPSA) is 153 Å². The summed E-state index contributed by atoms with van der Waals surface area (Å²) in [5, 5.41) is 25.4. The maximum Gasteiger partial charge on any atom is 0.245 e. The van der Waals surface area contributed by atoms with Gasteiger partial charge in [-0.1, -0.05) is 61.3 Å². The molecule has 2 aliphatic carbocycles. The highest BCUT2D eigenvalue weighted by molar-refractivity contribution is 7.89. The maximum atomic E-state index is 15.4. The Morgan fingerprint density at radius 2 is 1.80 bits per heavy atom. The number of hydrogen-bond acceptors (Lipinski definition) is 11. The first-order chi connectivity index (χ1) is 29.7. The normalized spacial score (nSPS) is 23.9. The number of fused-ring (bicyclic) bond motifs is 3. The Hall–Kier alpha value is -4.66. The zero-order valence-electron chi connectivity index (χ0n) is 35.6. The first-order valence-electron chi connectivity index (χ1n) is 21.8. The van der Waals surface area contributed by atoms with Crippen molar-refractivity contribution in [3.8, 4) is 11.5 Å². The lowest BCUT2D eigenvalue weighted by Gasteiger charge is -2.59. The fraction of sp³-hybridized carbons (Fsp3) is 0.479. The Bertz CT molecular complexity index is 2310. The van der Waals surface area contributed by atoms with Gasteiger partial charge in [-0.25, -0.2) is 8.42 Å². The molecule has 0 unspecified atom stereocenters. The van der Waals surface area contributed by atoms with Crippen molar-refractivity contribution in [2.75, 3.05) is 33.0 Å². The Morgan fingerprint density at radius 3 is 2.56 bits per heavy atom. The van der Waals surface area contributed by atoms with Crippen molar-refractivity contribution in [2.24, 2.45) is 22.9 Å². The molecule has 1 saturated carbocycles. The van der Waals surface area contributed by atoms with Crippen LogP contribution in [0.3, 0.4) is 0 Å². The molecule has 2 aromatic heterocycles. The summed E-state index contributed by atoms with van der Waals surface area (Å²) in [7, 11) is -4.26. The first kappa shape index (κ1) is 44.4. The molecule has 1 fully saturated rings. The maximum absolute atomic E-state index is 15.4. The van der Waals surface area contributed by atoms with Crippen LogP contribution in [0.4, 0.5) is 0 Å². The number of aryl methyl sites for hydroxylation is 1. The lowest BCUT2D eigenvalue weighted by Crippen LogP contribution is -2.70. The van der Waals surface area contributed by atoms with E-state index < -0.39 is 27.8 Å². The highest BCUT2D eigenvalue weighted by Crippen LogP contribution is 2.62. The van der Waals surface area contributed by atoms with Gasteiger partial charge >= 0.3 is 0 Å². The van der Waals surface area contributed by atoms with Crippen molar-refractivity contribution < 1.29 is 37.7 Å². The zero-order valence-corrected chi connectivity index (χ0v) is 36.4. The van der Waals surface area contributed by atoms with E-state index in [0.717, 1.165) is 53.6 Å². The van der Waals surface area contributed by atoms with E-state index in [1.165, 1.54) is 0 Å². The molecular weight excluding hydrogens is 793 g/mol. The van der Waals surface area contributed by atoms with Gasteiger partial charge in [0.25, 0.3) is 0 Å². The van der Waals surface area contributed by atoms with E-state index in [9.17, 15) is 10.2 Å². The standard InChI is InChI=1S/C48H60N4O8S/c1-5-25-52(61(55,56)43-21-13-17-34-18-14-24-49-47(34)43)44-31-41(51-59-7-3)39-29-35(16-8-10-26-53)38(20-9-11-27-54)45-40-30-37(57-32-36-19-12-15-33(4)50-36)22-23-42(40)60-48(44,46(39)45)58-28-6-2/h6,12-15,17-19,21-24,29-30,35,38,44-46,53-54H,2,5,7-11,16,20,25-28,31-32H2,1,3-4H3/t35-,38+,44-,45+,46+,48+/m0/s1. The summed E-state index contributed by atoms with van der Waals surface area (Å²) in [5.74, 6) is -1.01. The first-order valence-corrected chi connectivity index (χ1v) is 23.3. The van der Waals surface area contributed by atoms with Gasteiger partial charge in [-0.15, -0.1) is 6.58 Å². The van der Waals surface area contributed by atoms with E-state index >= 15 is 8.42 Å². The van der Waals surface area contributed by atoms with Crippen LogP contribution in [0.1, 0.15) is 88.1 Å². The number of pyridine rings is 2. The van der Waals surface area contributed by atoms with Crippen LogP contribution in [0, 0.1) is 24.7 Å². The summed E-state index contributed by atoms with van der Waals surface area (Å²) in [5.41, 5.74) is 4.60. The molecule has 7 rings (SSSR count). The highest BCUT2D eigenvalue weighted by Gasteiger charge is 2.66. The molecule has 13 heteroatoms. The molecular formula is C48H60N4O8S. The van der Waals surface area contributed by atoms with Crippen molar-refractivity contribution >= 4 is 26.6 Å². The Balaban J connectivity index is 1.46. The summed E-state index contributed by atoms with van der Waals surface area (Å²) in [4.78, 5) is 15.2. The predicted molar refractivity (Wildman–Crippen MR) is 236 cm³/mol. The molecule has 2 aromatic carbocycles. The largest absolute Gasteiger partial charge is 0.487 e. The Labute approximate surface area is 360 Å². The fourth-order valence-corrected chi connectivity index (χ4v) is 11.7. The van der Waals surface area contributed by atoms with Crippen LogP contribution in [0.25, 0.3) is 10.9 Å². The number of sulfonamides is 1. The monoisotopic (exact) mass is 852 g/mol. The molecule has 6 atom stereocenters. The van der Waals surface area contributed by atoms with E-state index in [1.807, 2.05) is 63.2 Å². The minimum Gasteiger partial charge on any atom is -0.487 e. The highest BCUT2D eigenvalue weighted by atomic mass is 32.2. The van der Waals surface area contributed by atoms with Gasteiger partial charge in [0, 0.05) is 54.9 Å². The number of aliphatic hydroxyl groups excluding tert-OH is 2. The van der Waals surface area contributed by atoms with Gasteiger partial charge in [0.2, 0.25) is 15.8 Å². The number of allylic oxidation sites excluding steroid dienone is 1. The third-order valence-electron chi connectivity index (χ3n) is 12.3. The predicted octanol–water partition coefficient (Wildman–Crippen LogP) is 8.27. The van der Waals surface area contributed by atoms with Crippen LogP contribution in [0.2, 0.25) is 0 Å². The summed E-state index contributed by atoms with van der Waals surface area (Å²) in [6.45, 7) is 10.9. The molecule has 12 nitrogen and oxygen atoms in total. The Kier molecular flexibility index (Phi) is 14.6. The fourth-order valence-electron chi connectivity index (χ4n) is 9.77. The van der Waals surface area contributed by atoms with Crippen molar-refractivity contribution in [3.63, 3.8) is 0 Å². The molecule has 3 heterocycles. The third kappa shape index (κ3) is 9.13. The van der Waals surface area contributed by atoms with Gasteiger partial charge in [0.1, 0.15) is 29.6 Å². The lowest BCUT2D eigenvalue weighted by atomic mass is 9.55. The molecule has 0 radical (unpaired) electrons. The summed E-state index contributed by atoms with van der Waals surface area (Å²) >= 11 is 0. The molecule has 0 saturated heterocycles. The molecule has 0 amide bonds.